The molecule has 3 aromatic rings. The molecule has 0 spiro atoms. The number of sulfonamides is 1. The molecule has 1 aliphatic rings. The van der Waals surface area contributed by atoms with Gasteiger partial charge in [-0.2, -0.15) is 0 Å². The molecule has 0 saturated carbocycles. The summed E-state index contributed by atoms with van der Waals surface area (Å²) in [5, 5.41) is 1.98. The first-order valence-electron chi connectivity index (χ1n) is 10.1. The lowest BCUT2D eigenvalue weighted by molar-refractivity contribution is 0.208. The molecule has 1 saturated heterocycles. The lowest BCUT2D eigenvalue weighted by atomic mass is 10.1. The van der Waals surface area contributed by atoms with Gasteiger partial charge in [-0.05, 0) is 49.2 Å². The molecule has 31 heavy (non-hydrogen) atoms. The van der Waals surface area contributed by atoms with Gasteiger partial charge in [0.1, 0.15) is 11.9 Å². The first-order chi connectivity index (χ1) is 14.7. The molecule has 0 amide bonds. The molecule has 1 atom stereocenters. The van der Waals surface area contributed by atoms with Gasteiger partial charge in [-0.3, -0.25) is 4.72 Å². The zero-order valence-electron chi connectivity index (χ0n) is 17.8. The lowest BCUT2D eigenvalue weighted by Crippen LogP contribution is -2.21. The number of ether oxygens (including phenoxy) is 1. The highest BCUT2D eigenvalue weighted by Gasteiger charge is 2.23. The van der Waals surface area contributed by atoms with Crippen molar-refractivity contribution in [1.29, 1.82) is 0 Å². The van der Waals surface area contributed by atoms with E-state index in [1.54, 1.807) is 30.3 Å². The van der Waals surface area contributed by atoms with E-state index in [0.29, 0.717) is 21.8 Å². The maximum Gasteiger partial charge on any atom is 0.262 e. The van der Waals surface area contributed by atoms with Gasteiger partial charge in [-0.25, -0.2) is 8.42 Å². The molecule has 4 rings (SSSR count). The second-order valence-corrected chi connectivity index (χ2v) is 10.2. The number of hydrogen-bond acceptors (Lipinski definition) is 5. The van der Waals surface area contributed by atoms with Gasteiger partial charge >= 0.3 is 0 Å². The number of rotatable bonds is 6. The number of anilines is 2. The fourth-order valence-electron chi connectivity index (χ4n) is 3.79. The Hall–Kier alpha value is -2.48. The van der Waals surface area contributed by atoms with Crippen molar-refractivity contribution in [2.45, 2.75) is 17.4 Å². The first-order valence-corrected chi connectivity index (χ1v) is 12.0. The number of nitrogens with zero attached hydrogens (tertiary/aromatic N) is 2. The second-order valence-electron chi connectivity index (χ2n) is 8.10. The summed E-state index contributed by atoms with van der Waals surface area (Å²) in [4.78, 5) is 4.40. The van der Waals surface area contributed by atoms with Crippen LogP contribution in [0.2, 0.25) is 5.02 Å². The van der Waals surface area contributed by atoms with Gasteiger partial charge in [-0.1, -0.05) is 29.8 Å². The Balaban J connectivity index is 1.62. The molecule has 0 aliphatic carbocycles. The van der Waals surface area contributed by atoms with Crippen molar-refractivity contribution in [2.24, 2.45) is 0 Å². The fourth-order valence-corrected chi connectivity index (χ4v) is 5.23. The van der Waals surface area contributed by atoms with E-state index in [1.165, 1.54) is 0 Å². The molecule has 0 aromatic heterocycles. The van der Waals surface area contributed by atoms with Crippen LogP contribution in [0.25, 0.3) is 10.8 Å². The van der Waals surface area contributed by atoms with Crippen molar-refractivity contribution in [3.8, 4) is 5.75 Å². The Morgan fingerprint density at radius 1 is 1.13 bits per heavy atom. The van der Waals surface area contributed by atoms with Gasteiger partial charge in [0.05, 0.1) is 15.6 Å². The topological polar surface area (TPSA) is 61.9 Å². The minimum Gasteiger partial charge on any atom is -0.487 e. The van der Waals surface area contributed by atoms with Crippen molar-refractivity contribution in [3.05, 3.63) is 59.6 Å². The molecule has 8 heteroatoms. The third-order valence-corrected chi connectivity index (χ3v) is 7.21. The number of hydrogen-bond donors (Lipinski definition) is 1. The summed E-state index contributed by atoms with van der Waals surface area (Å²) in [5.74, 6) is 0.482. The van der Waals surface area contributed by atoms with E-state index in [9.17, 15) is 8.42 Å². The lowest BCUT2D eigenvalue weighted by Gasteiger charge is -2.17. The van der Waals surface area contributed by atoms with Gasteiger partial charge in [0.25, 0.3) is 10.0 Å². The van der Waals surface area contributed by atoms with Crippen molar-refractivity contribution in [2.75, 3.05) is 43.9 Å². The standard InChI is InChI=1S/C23H26ClN3O3S/c1-26(2)18-8-9-20-16(13-18)5-4-6-23(20)31(28,29)25-17-7-10-21(24)22(14-17)30-19-11-12-27(3)15-19/h4-10,13-14,19,25H,11-12,15H2,1-3H3/t19-/m1/s1. The van der Waals surface area contributed by atoms with Crippen LogP contribution in [0.3, 0.4) is 0 Å². The maximum atomic E-state index is 13.2. The summed E-state index contributed by atoms with van der Waals surface area (Å²) in [7, 11) is 2.14. The van der Waals surface area contributed by atoms with Crippen LogP contribution < -0.4 is 14.4 Å². The van der Waals surface area contributed by atoms with Crippen molar-refractivity contribution in [3.63, 3.8) is 0 Å². The minimum atomic E-state index is -3.81. The average Bonchev–Trinajstić information content (AvgIpc) is 3.14. The summed E-state index contributed by atoms with van der Waals surface area (Å²) in [6, 6.07) is 15.9. The van der Waals surface area contributed by atoms with Crippen molar-refractivity contribution < 1.29 is 13.2 Å². The molecule has 1 N–H and O–H groups in total. The smallest absolute Gasteiger partial charge is 0.262 e. The van der Waals surface area contributed by atoms with Crippen LogP contribution in [0.4, 0.5) is 11.4 Å². The molecule has 6 nitrogen and oxygen atoms in total. The third-order valence-electron chi connectivity index (χ3n) is 5.46. The molecule has 0 unspecified atom stereocenters. The van der Waals surface area contributed by atoms with Gasteiger partial charge < -0.3 is 14.5 Å². The van der Waals surface area contributed by atoms with Crippen LogP contribution in [-0.4, -0.2) is 53.7 Å². The van der Waals surface area contributed by atoms with Gasteiger partial charge in [0.2, 0.25) is 0 Å². The SMILES string of the molecule is CN1CC[C@@H](Oc2cc(NS(=O)(=O)c3cccc4cc(N(C)C)ccc34)ccc2Cl)C1. The Morgan fingerprint density at radius 2 is 1.94 bits per heavy atom. The molecular weight excluding hydrogens is 434 g/mol. The summed E-state index contributed by atoms with van der Waals surface area (Å²) < 4.78 is 35.1. The highest BCUT2D eigenvalue weighted by Crippen LogP contribution is 2.32. The van der Waals surface area contributed by atoms with E-state index in [4.69, 9.17) is 16.3 Å². The molecule has 1 fully saturated rings. The van der Waals surface area contributed by atoms with E-state index in [-0.39, 0.29) is 11.0 Å². The first kappa shape index (κ1) is 21.7. The summed E-state index contributed by atoms with van der Waals surface area (Å²) in [6.45, 7) is 1.78. The average molecular weight is 460 g/mol. The molecule has 0 radical (unpaired) electrons. The number of fused-ring (bicyclic) bond motifs is 1. The third kappa shape index (κ3) is 4.74. The molecular formula is C23H26ClN3O3S. The zero-order valence-corrected chi connectivity index (χ0v) is 19.4. The molecule has 1 heterocycles. The van der Waals surface area contributed by atoms with Crippen LogP contribution >= 0.6 is 11.6 Å². The summed E-state index contributed by atoms with van der Waals surface area (Å²) in [5.41, 5.74) is 1.42. The van der Waals surface area contributed by atoms with E-state index >= 15 is 0 Å². The number of halogens is 1. The van der Waals surface area contributed by atoms with Crippen molar-refractivity contribution in [1.82, 2.24) is 4.90 Å². The zero-order chi connectivity index (χ0) is 22.2. The van der Waals surface area contributed by atoms with Crippen LogP contribution in [-0.2, 0) is 10.0 Å². The van der Waals surface area contributed by atoms with Gasteiger partial charge in [0, 0.05) is 44.3 Å². The molecule has 1 aliphatic heterocycles. The fraction of sp³-hybridized carbons (Fsp3) is 0.304. The van der Waals surface area contributed by atoms with E-state index < -0.39 is 10.0 Å². The number of nitrogens with one attached hydrogen (secondary N) is 1. The normalized spacial score (nSPS) is 17.1. The Bertz CT molecular complexity index is 1210. The van der Waals surface area contributed by atoms with Gasteiger partial charge in [-0.15, -0.1) is 0 Å². The van der Waals surface area contributed by atoms with Crippen LogP contribution in [0.5, 0.6) is 5.75 Å². The quantitative estimate of drug-likeness (QED) is 0.590. The number of likely N-dealkylation sites (N-methyl/N-ethyl adjacent to an activating group) is 1. The Labute approximate surface area is 188 Å². The van der Waals surface area contributed by atoms with E-state index in [1.807, 2.05) is 50.3 Å². The van der Waals surface area contributed by atoms with Crippen LogP contribution in [0.1, 0.15) is 6.42 Å². The highest BCUT2D eigenvalue weighted by molar-refractivity contribution is 7.93. The highest BCUT2D eigenvalue weighted by atomic mass is 35.5. The van der Waals surface area contributed by atoms with Gasteiger partial charge in [0.15, 0.2) is 0 Å². The summed E-state index contributed by atoms with van der Waals surface area (Å²) in [6.07, 6.45) is 0.951. The molecule has 164 valence electrons. The molecule has 3 aromatic carbocycles. The maximum absolute atomic E-state index is 13.2. The Kier molecular flexibility index (Phi) is 6.01. The molecule has 0 bridgehead atoms. The predicted octanol–water partition coefficient (Wildman–Crippen LogP) is 4.44. The van der Waals surface area contributed by atoms with E-state index in [0.717, 1.165) is 30.6 Å². The number of benzene rings is 3. The van der Waals surface area contributed by atoms with E-state index in [2.05, 4.69) is 9.62 Å². The predicted molar refractivity (Wildman–Crippen MR) is 127 cm³/mol. The second kappa shape index (κ2) is 8.57. The minimum absolute atomic E-state index is 0.0401. The number of likely N-dealkylation sites (tertiary alicyclic amines) is 1. The summed E-state index contributed by atoms with van der Waals surface area (Å²) >= 11 is 6.30. The van der Waals surface area contributed by atoms with Crippen LogP contribution in [0, 0.1) is 0 Å². The van der Waals surface area contributed by atoms with Crippen LogP contribution in [0.15, 0.2) is 59.5 Å². The monoisotopic (exact) mass is 459 g/mol. The van der Waals surface area contributed by atoms with Crippen molar-refractivity contribution >= 4 is 43.8 Å². The largest absolute Gasteiger partial charge is 0.487 e. The Morgan fingerprint density at radius 3 is 2.65 bits per heavy atom.